The third-order valence-electron chi connectivity index (χ3n) is 5.32. The molecule has 2 amide bonds. The predicted octanol–water partition coefficient (Wildman–Crippen LogP) is 0.988. The lowest BCUT2D eigenvalue weighted by molar-refractivity contribution is -0.157. The van der Waals surface area contributed by atoms with Crippen LogP contribution in [0.4, 0.5) is 0 Å². The summed E-state index contributed by atoms with van der Waals surface area (Å²) in [6, 6.07) is 4.48. The number of nitrogens with zero attached hydrogens (tertiary/aromatic N) is 1. The molecule has 0 bridgehead atoms. The first-order chi connectivity index (χ1) is 17.6. The molecule has 1 saturated heterocycles. The van der Waals surface area contributed by atoms with Crippen LogP contribution >= 0.6 is 23.4 Å². The molecule has 37 heavy (non-hydrogen) atoms. The van der Waals surface area contributed by atoms with E-state index >= 15 is 0 Å². The van der Waals surface area contributed by atoms with Gasteiger partial charge in [0, 0.05) is 23.8 Å². The Bertz CT molecular complexity index is 1150. The first kappa shape index (κ1) is 28.0. The fraction of sp³-hybridized carbons (Fsp3) is 0.391. The lowest BCUT2D eigenvalue weighted by Gasteiger charge is -2.49. The number of benzene rings is 1. The van der Waals surface area contributed by atoms with Crippen molar-refractivity contribution in [2.75, 3.05) is 24.8 Å². The number of esters is 3. The topological polar surface area (TPSA) is 166 Å². The van der Waals surface area contributed by atoms with Crippen LogP contribution in [-0.4, -0.2) is 82.0 Å². The minimum atomic E-state index is -1.49. The van der Waals surface area contributed by atoms with E-state index in [0.29, 0.717) is 0 Å². The highest BCUT2D eigenvalue weighted by Crippen LogP contribution is 2.40. The van der Waals surface area contributed by atoms with Gasteiger partial charge >= 0.3 is 23.9 Å². The van der Waals surface area contributed by atoms with Crippen molar-refractivity contribution < 1.29 is 48.1 Å². The molecule has 0 radical (unpaired) electrons. The molecule has 2 N–H and O–H groups in total. The van der Waals surface area contributed by atoms with Gasteiger partial charge < -0.3 is 24.6 Å². The van der Waals surface area contributed by atoms with Gasteiger partial charge in [-0.25, -0.2) is 9.59 Å². The van der Waals surface area contributed by atoms with Crippen LogP contribution < -0.4 is 5.32 Å². The molecule has 0 aromatic heterocycles. The van der Waals surface area contributed by atoms with E-state index < -0.39 is 59.1 Å². The Morgan fingerprint density at radius 2 is 1.86 bits per heavy atom. The van der Waals surface area contributed by atoms with E-state index in [2.05, 4.69) is 5.32 Å². The number of hydrogen-bond donors (Lipinski definition) is 2. The van der Waals surface area contributed by atoms with Crippen LogP contribution in [0.25, 0.3) is 0 Å². The number of carbonyl (C=O) groups is 6. The number of β-lactam (4-membered cyclic amide) rings is 1. The molecular formula is C23H23ClN2O10S. The Morgan fingerprint density at radius 3 is 2.43 bits per heavy atom. The van der Waals surface area contributed by atoms with Crippen LogP contribution in [0.1, 0.15) is 35.9 Å². The predicted molar refractivity (Wildman–Crippen MR) is 128 cm³/mol. The van der Waals surface area contributed by atoms with E-state index in [1.807, 2.05) is 0 Å². The number of nitrogens with one attached hydrogen (secondary N) is 1. The van der Waals surface area contributed by atoms with Crippen molar-refractivity contribution in [3.8, 4) is 0 Å². The molecule has 12 nitrogen and oxygen atoms in total. The second-order valence-corrected chi connectivity index (χ2v) is 9.15. The molecule has 2 aliphatic heterocycles. The SMILES string of the molecule is CCOC(=O)c1ccc(C(OC(=O)CCl)C(=O)NC2C(=O)N3C(C(=O)O)=C(COC(C)=O)CS[C@H]23)cc1. The first-order valence-corrected chi connectivity index (χ1v) is 12.5. The number of carboxylic acids is 1. The van der Waals surface area contributed by atoms with Crippen molar-refractivity contribution in [1.29, 1.82) is 0 Å². The Labute approximate surface area is 220 Å². The highest BCUT2D eigenvalue weighted by Gasteiger charge is 2.54. The summed E-state index contributed by atoms with van der Waals surface area (Å²) in [7, 11) is 0. The van der Waals surface area contributed by atoms with Crippen LogP contribution in [0.15, 0.2) is 35.5 Å². The van der Waals surface area contributed by atoms with Crippen LogP contribution in [0.5, 0.6) is 0 Å². The number of hydrogen-bond acceptors (Lipinski definition) is 10. The molecule has 0 saturated carbocycles. The van der Waals surface area contributed by atoms with Crippen molar-refractivity contribution >= 4 is 59.1 Å². The average Bonchev–Trinajstić information content (AvgIpc) is 2.88. The molecule has 3 atom stereocenters. The lowest BCUT2D eigenvalue weighted by atomic mass is 10.0. The molecule has 198 valence electrons. The maximum atomic E-state index is 13.1. The van der Waals surface area contributed by atoms with Gasteiger partial charge in [-0.05, 0) is 19.1 Å². The fourth-order valence-electron chi connectivity index (χ4n) is 3.66. The van der Waals surface area contributed by atoms with Gasteiger partial charge in [-0.1, -0.05) is 12.1 Å². The Morgan fingerprint density at radius 1 is 1.19 bits per heavy atom. The summed E-state index contributed by atoms with van der Waals surface area (Å²) in [4.78, 5) is 73.8. The maximum Gasteiger partial charge on any atom is 0.352 e. The van der Waals surface area contributed by atoms with Gasteiger partial charge in [-0.3, -0.25) is 24.1 Å². The van der Waals surface area contributed by atoms with Crippen molar-refractivity contribution in [3.05, 3.63) is 46.7 Å². The summed E-state index contributed by atoms with van der Waals surface area (Å²) in [5.74, 6) is -5.35. The van der Waals surface area contributed by atoms with Gasteiger partial charge in [0.05, 0.1) is 12.2 Å². The number of rotatable bonds is 10. The van der Waals surface area contributed by atoms with Crippen LogP contribution in [0, 0.1) is 0 Å². The molecule has 2 unspecified atom stereocenters. The maximum absolute atomic E-state index is 13.1. The van der Waals surface area contributed by atoms with Crippen LogP contribution in [0.3, 0.4) is 0 Å². The summed E-state index contributed by atoms with van der Waals surface area (Å²) in [6.45, 7) is 2.73. The Balaban J connectivity index is 1.78. The van der Waals surface area contributed by atoms with E-state index in [4.69, 9.17) is 25.8 Å². The van der Waals surface area contributed by atoms with Crippen molar-refractivity contribution in [3.63, 3.8) is 0 Å². The minimum Gasteiger partial charge on any atom is -0.477 e. The molecular weight excluding hydrogens is 532 g/mol. The molecule has 1 aromatic rings. The third-order valence-corrected chi connectivity index (χ3v) is 6.88. The largest absolute Gasteiger partial charge is 0.477 e. The molecule has 2 aliphatic rings. The Hall–Kier alpha value is -3.58. The number of carbonyl (C=O) groups excluding carboxylic acids is 5. The molecule has 2 heterocycles. The summed E-state index contributed by atoms with van der Waals surface area (Å²) in [5, 5.41) is 11.4. The number of halogens is 1. The Kier molecular flexibility index (Phi) is 9.16. The average molecular weight is 555 g/mol. The highest BCUT2D eigenvalue weighted by atomic mass is 35.5. The number of fused-ring (bicyclic) bond motifs is 1. The summed E-state index contributed by atoms with van der Waals surface area (Å²) in [5.41, 5.74) is 0.367. The molecule has 1 fully saturated rings. The first-order valence-electron chi connectivity index (χ1n) is 10.9. The monoisotopic (exact) mass is 554 g/mol. The second-order valence-electron chi connectivity index (χ2n) is 7.78. The molecule has 1 aromatic carbocycles. The highest BCUT2D eigenvalue weighted by molar-refractivity contribution is 8.00. The summed E-state index contributed by atoms with van der Waals surface area (Å²) in [6.07, 6.45) is -1.49. The fourth-order valence-corrected chi connectivity index (χ4v) is 5.05. The number of ether oxygens (including phenoxy) is 3. The number of aliphatic carboxylic acids is 1. The normalized spacial score (nSPS) is 19.2. The minimum absolute atomic E-state index is 0.149. The van der Waals surface area contributed by atoms with E-state index in [9.17, 15) is 33.9 Å². The summed E-state index contributed by atoms with van der Waals surface area (Å²) < 4.78 is 15.0. The van der Waals surface area contributed by atoms with Gasteiger partial charge in [-0.15, -0.1) is 23.4 Å². The van der Waals surface area contributed by atoms with E-state index in [1.54, 1.807) is 6.92 Å². The number of carboxylic acid groups (broad SMARTS) is 1. The van der Waals surface area contributed by atoms with Gasteiger partial charge in [-0.2, -0.15) is 0 Å². The van der Waals surface area contributed by atoms with Gasteiger partial charge in [0.25, 0.3) is 11.8 Å². The van der Waals surface area contributed by atoms with E-state index in [-0.39, 0.29) is 41.4 Å². The van der Waals surface area contributed by atoms with Crippen molar-refractivity contribution in [2.24, 2.45) is 0 Å². The number of thioether (sulfide) groups is 1. The van der Waals surface area contributed by atoms with Crippen molar-refractivity contribution in [2.45, 2.75) is 31.4 Å². The smallest absolute Gasteiger partial charge is 0.352 e. The second kappa shape index (κ2) is 12.1. The third kappa shape index (κ3) is 6.23. The zero-order valence-corrected chi connectivity index (χ0v) is 21.3. The van der Waals surface area contributed by atoms with Crippen molar-refractivity contribution in [1.82, 2.24) is 10.2 Å². The van der Waals surface area contributed by atoms with E-state index in [0.717, 1.165) is 4.90 Å². The van der Waals surface area contributed by atoms with Gasteiger partial charge in [0.15, 0.2) is 0 Å². The summed E-state index contributed by atoms with van der Waals surface area (Å²) >= 11 is 6.71. The molecule has 3 rings (SSSR count). The van der Waals surface area contributed by atoms with Crippen LogP contribution in [0.2, 0.25) is 0 Å². The zero-order chi connectivity index (χ0) is 27.3. The van der Waals surface area contributed by atoms with Gasteiger partial charge in [0.1, 0.15) is 29.6 Å². The number of amides is 2. The zero-order valence-electron chi connectivity index (χ0n) is 19.7. The molecule has 0 aliphatic carbocycles. The van der Waals surface area contributed by atoms with Gasteiger partial charge in [0.2, 0.25) is 6.10 Å². The lowest BCUT2D eigenvalue weighted by Crippen LogP contribution is -2.71. The quantitative estimate of drug-likeness (QED) is 0.183. The van der Waals surface area contributed by atoms with E-state index in [1.165, 1.54) is 43.0 Å². The standard InChI is InChI=1S/C23H23ClN2O10S/c1-3-34-23(33)13-6-4-12(5-7-13)18(36-15(28)8-24)19(29)25-16-20(30)26-17(22(31)32)14(9-35-11(2)27)10-37-21(16)26/h4-7,16,18,21H,3,8-10H2,1-2H3,(H,25,29)(H,31,32)/t16?,18?,21-/m1/s1. The van der Waals surface area contributed by atoms with Crippen LogP contribution in [-0.2, 0) is 38.2 Å². The molecule has 14 heteroatoms. The molecule has 0 spiro atoms. The number of alkyl halides is 1.